The van der Waals surface area contributed by atoms with Crippen molar-refractivity contribution in [3.8, 4) is 69.0 Å². The molecule has 6 N–H and O–H groups in total. The van der Waals surface area contributed by atoms with Gasteiger partial charge in [0.25, 0.3) is 0 Å². The van der Waals surface area contributed by atoms with Crippen LogP contribution in [0.2, 0.25) is 0 Å². The summed E-state index contributed by atoms with van der Waals surface area (Å²) in [5.74, 6) is -3.00. The number of nitrogens with one attached hydrogen (secondary N) is 6. The molecule has 0 saturated carbocycles. The average molecular weight is 1410 g/mol. The van der Waals surface area contributed by atoms with Crippen molar-refractivity contribution in [1.29, 1.82) is 0 Å². The molecule has 6 amide bonds. The van der Waals surface area contributed by atoms with Gasteiger partial charge in [-0.1, -0.05) is 0 Å². The van der Waals surface area contributed by atoms with Crippen molar-refractivity contribution in [2.75, 3.05) is 74.6 Å². The molecule has 21 nitrogen and oxygen atoms in total. The maximum Gasteiger partial charge on any atom is 0.323 e. The molecule has 0 fully saturated rings. The van der Waals surface area contributed by atoms with Crippen molar-refractivity contribution in [2.24, 2.45) is 0 Å². The minimum atomic E-state index is -0.960. The monoisotopic (exact) mass is 1410 g/mol. The molecule has 12 rings (SSSR count). The van der Waals surface area contributed by atoms with E-state index in [4.69, 9.17) is 42.6 Å². The van der Waals surface area contributed by atoms with E-state index in [1.165, 1.54) is 97.6 Å². The Hall–Kier alpha value is -13.4. The minimum Gasteiger partial charge on any atom is -0.493 e. The predicted octanol–water partition coefficient (Wildman–Crippen LogP) is 18.3. The van der Waals surface area contributed by atoms with Crippen LogP contribution in [-0.2, 0) is 0 Å². The highest BCUT2D eigenvalue weighted by Crippen LogP contribution is 2.41. The van der Waals surface area contributed by atoms with E-state index in [-0.39, 0.29) is 51.4 Å². The molecule has 0 saturated heterocycles. The summed E-state index contributed by atoms with van der Waals surface area (Å²) in [6.07, 6.45) is 4.61. The minimum absolute atomic E-state index is 0.162. The van der Waals surface area contributed by atoms with Crippen LogP contribution in [0.25, 0.3) is 32.7 Å². The molecule has 3 aromatic heterocycles. The number of methoxy groups -OCH3 is 6. The van der Waals surface area contributed by atoms with Gasteiger partial charge in [-0.25, -0.2) is 53.9 Å². The highest BCUT2D eigenvalue weighted by Gasteiger charge is 2.20. The number of ether oxygens (including phenoxy) is 9. The standard InChI is InChI=1S/3C24H18F3N3O4/c3*1-32-22-11-15-20(12-23(22)33-2)28-8-7-21(15)34-14-4-6-19(17(27)10-14)30-24(31)29-18-5-3-13(25)9-16(18)26/h3*3-12H,1-2H3,(H2,29,30,31). The molecule has 0 radical (unpaired) electrons. The van der Waals surface area contributed by atoms with Crippen LogP contribution >= 0.6 is 0 Å². The van der Waals surface area contributed by atoms with Crippen molar-refractivity contribution in [3.05, 3.63) is 235 Å². The summed E-state index contributed by atoms with van der Waals surface area (Å²) in [6, 6.07) is 31.8. The van der Waals surface area contributed by atoms with Crippen molar-refractivity contribution in [2.45, 2.75) is 0 Å². The Bertz CT molecular complexity index is 4640. The summed E-state index contributed by atoms with van der Waals surface area (Å²) >= 11 is 0. The number of pyridine rings is 3. The van der Waals surface area contributed by atoms with Gasteiger partial charge < -0.3 is 74.5 Å². The molecular weight excluding hydrogens is 1350 g/mol. The summed E-state index contributed by atoms with van der Waals surface area (Å²) in [6.45, 7) is 0. The Labute approximate surface area is 572 Å². The molecule has 9 aromatic carbocycles. The van der Waals surface area contributed by atoms with Gasteiger partial charge in [-0.05, 0) is 109 Å². The number of nitrogens with zero attached hydrogens (tertiary/aromatic N) is 3. The van der Waals surface area contributed by atoms with Gasteiger partial charge in [-0.2, -0.15) is 0 Å². The van der Waals surface area contributed by atoms with Gasteiger partial charge in [0.2, 0.25) is 0 Å². The highest BCUT2D eigenvalue weighted by atomic mass is 19.2. The Balaban J connectivity index is 0.000000165. The molecule has 3 heterocycles. The number of aromatic nitrogens is 3. The molecule has 102 heavy (non-hydrogen) atoms. The summed E-state index contributed by atoms with van der Waals surface area (Å²) in [7, 11) is 9.05. The predicted molar refractivity (Wildman–Crippen MR) is 361 cm³/mol. The van der Waals surface area contributed by atoms with Crippen molar-refractivity contribution >= 4 is 84.9 Å². The van der Waals surface area contributed by atoms with E-state index < -0.39 is 70.4 Å². The largest absolute Gasteiger partial charge is 0.493 e. The Morgan fingerprint density at radius 1 is 0.265 bits per heavy atom. The summed E-state index contributed by atoms with van der Waals surface area (Å²) in [4.78, 5) is 49.1. The molecule has 0 spiro atoms. The van der Waals surface area contributed by atoms with Crippen LogP contribution in [0.1, 0.15) is 0 Å². The van der Waals surface area contributed by atoms with Gasteiger partial charge in [0.1, 0.15) is 86.9 Å². The van der Waals surface area contributed by atoms with Crippen LogP contribution in [0.4, 0.5) is 88.0 Å². The number of anilines is 6. The third-order valence-electron chi connectivity index (χ3n) is 14.4. The van der Waals surface area contributed by atoms with E-state index in [0.717, 1.165) is 54.6 Å². The number of urea groups is 3. The second-order valence-electron chi connectivity index (χ2n) is 20.9. The summed E-state index contributed by atoms with van der Waals surface area (Å²) < 4.78 is 173. The third-order valence-corrected chi connectivity index (χ3v) is 14.4. The molecule has 0 bridgehead atoms. The number of carbonyl (C=O) groups excluding carboxylic acids is 3. The first-order chi connectivity index (χ1) is 49.1. The molecule has 522 valence electrons. The van der Waals surface area contributed by atoms with Gasteiger partial charge in [0.05, 0.1) is 93.3 Å². The Morgan fingerprint density at radius 2 is 0.480 bits per heavy atom. The normalized spacial score (nSPS) is 10.6. The first-order valence-electron chi connectivity index (χ1n) is 29.7. The van der Waals surface area contributed by atoms with Gasteiger partial charge in [0, 0.05) is 89.3 Å². The highest BCUT2D eigenvalue weighted by molar-refractivity contribution is 6.02. The van der Waals surface area contributed by atoms with Crippen molar-refractivity contribution in [3.63, 3.8) is 0 Å². The summed E-state index contributed by atoms with van der Waals surface area (Å²) in [5, 5.41) is 15.2. The number of rotatable bonds is 18. The van der Waals surface area contributed by atoms with Crippen LogP contribution in [-0.4, -0.2) is 75.7 Å². The van der Waals surface area contributed by atoms with Gasteiger partial charge in [-0.15, -0.1) is 0 Å². The number of amides is 6. The first-order valence-corrected chi connectivity index (χ1v) is 29.7. The summed E-state index contributed by atoms with van der Waals surface area (Å²) in [5.41, 5.74) is 0.480. The van der Waals surface area contributed by atoms with Crippen LogP contribution in [0.5, 0.6) is 69.0 Å². The molecule has 0 aliphatic rings. The Kier molecular flexibility index (Phi) is 22.6. The lowest BCUT2D eigenvalue weighted by Gasteiger charge is -2.13. The molecule has 12 aromatic rings. The Morgan fingerprint density at radius 3 is 0.696 bits per heavy atom. The van der Waals surface area contributed by atoms with Crippen molar-refractivity contribution < 1.29 is 96.5 Å². The van der Waals surface area contributed by atoms with E-state index in [0.29, 0.717) is 103 Å². The fourth-order valence-electron chi connectivity index (χ4n) is 9.57. The van der Waals surface area contributed by atoms with Crippen molar-refractivity contribution in [1.82, 2.24) is 15.0 Å². The topological polar surface area (TPSA) is 245 Å². The van der Waals surface area contributed by atoms with Crippen LogP contribution in [0, 0.1) is 52.4 Å². The molecular formula is C72H54F9N9O12. The average Bonchev–Trinajstić information content (AvgIpc) is 0.801. The number of hydrogen-bond donors (Lipinski definition) is 6. The maximum atomic E-state index is 14.6. The van der Waals surface area contributed by atoms with E-state index in [9.17, 15) is 53.9 Å². The van der Waals surface area contributed by atoms with Gasteiger partial charge >= 0.3 is 18.1 Å². The zero-order valence-electron chi connectivity index (χ0n) is 54.0. The quantitative estimate of drug-likeness (QED) is 0.0438. The van der Waals surface area contributed by atoms with Gasteiger partial charge in [-0.3, -0.25) is 15.0 Å². The lowest BCUT2D eigenvalue weighted by Crippen LogP contribution is -2.20. The van der Waals surface area contributed by atoms with E-state index >= 15 is 0 Å². The second kappa shape index (κ2) is 32.3. The van der Waals surface area contributed by atoms with Crippen LogP contribution < -0.4 is 74.5 Å². The first kappa shape index (κ1) is 71.4. The number of benzene rings is 9. The third kappa shape index (κ3) is 17.5. The van der Waals surface area contributed by atoms with E-state index in [2.05, 4.69) is 46.9 Å². The molecule has 0 aliphatic heterocycles. The number of fused-ring (bicyclic) bond motifs is 3. The number of carbonyl (C=O) groups is 3. The number of halogens is 9. The van der Waals surface area contributed by atoms with Crippen LogP contribution in [0.3, 0.4) is 0 Å². The fraction of sp³-hybridized carbons (Fsp3) is 0.0833. The SMILES string of the molecule is COc1cc2nccc(Oc3ccc(NC(=O)Nc4ccc(F)cc4F)c(F)c3)c2cc1OC.COc1cc2nccc(Oc3ccc(NC(=O)Nc4ccc(F)cc4F)c(F)c3)c2cc1OC.COc1cc2nccc(Oc3ccc(NC(=O)Nc4ccc(F)cc4F)c(F)c3)c2cc1OC. The zero-order valence-corrected chi connectivity index (χ0v) is 54.0. The lowest BCUT2D eigenvalue weighted by atomic mass is 10.2. The lowest BCUT2D eigenvalue weighted by molar-refractivity contribution is 0.261. The molecule has 0 atom stereocenters. The second-order valence-corrected chi connectivity index (χ2v) is 20.9. The molecule has 0 unspecified atom stereocenters. The van der Waals surface area contributed by atoms with E-state index in [1.807, 2.05) is 0 Å². The fourth-order valence-corrected chi connectivity index (χ4v) is 9.57. The smallest absolute Gasteiger partial charge is 0.323 e. The molecule has 0 aliphatic carbocycles. The molecule has 30 heteroatoms. The zero-order chi connectivity index (χ0) is 72.7. The van der Waals surface area contributed by atoms with E-state index in [1.54, 1.807) is 54.6 Å². The maximum absolute atomic E-state index is 14.6. The number of hydrogen-bond acceptors (Lipinski definition) is 15. The van der Waals surface area contributed by atoms with Gasteiger partial charge in [0.15, 0.2) is 34.5 Å². The van der Waals surface area contributed by atoms with Crippen LogP contribution in [0.15, 0.2) is 182 Å².